The van der Waals surface area contributed by atoms with Crippen LogP contribution in [0.5, 0.6) is 0 Å². The largest absolute Gasteiger partial charge is 0.472 e. The van der Waals surface area contributed by atoms with Gasteiger partial charge in [-0.05, 0) is 44.9 Å². The van der Waals surface area contributed by atoms with E-state index in [1.165, 1.54) is 38.5 Å². The average Bonchev–Trinajstić information content (AvgIpc) is 3.07. The lowest BCUT2D eigenvalue weighted by Gasteiger charge is -2.20. The summed E-state index contributed by atoms with van der Waals surface area (Å²) in [6, 6.07) is 0. The standard InChI is InChI=1S/C37H67O10P/c1-3-5-7-9-11-13-14-15-16-17-18-19-20-21-23-25-27-29-37(41)47-35(31-39)33-45-48(42,43)44-32-34(30-38)46-36(40)28-26-24-22-12-10-8-6-4-2/h5,7,11,13,15-16,34-35,38-39H,3-4,6,8-10,12,14,17-33H2,1-2H3,(H,42,43)/b7-5-,13-11-,16-15-. The number of hydrogen-bond acceptors (Lipinski definition) is 9. The third-order valence-corrected chi connectivity index (χ3v) is 8.57. The Morgan fingerprint density at radius 1 is 0.583 bits per heavy atom. The summed E-state index contributed by atoms with van der Waals surface area (Å²) in [5.41, 5.74) is 0. The minimum Gasteiger partial charge on any atom is -0.457 e. The summed E-state index contributed by atoms with van der Waals surface area (Å²) in [7, 11) is -4.62. The predicted octanol–water partition coefficient (Wildman–Crippen LogP) is 8.83. The number of hydrogen-bond donors (Lipinski definition) is 3. The van der Waals surface area contributed by atoms with Gasteiger partial charge >= 0.3 is 19.8 Å². The topological polar surface area (TPSA) is 149 Å². The van der Waals surface area contributed by atoms with Crippen LogP contribution in [0.2, 0.25) is 0 Å². The fourth-order valence-electron chi connectivity index (χ4n) is 4.77. The van der Waals surface area contributed by atoms with Crippen molar-refractivity contribution >= 4 is 19.8 Å². The second kappa shape index (κ2) is 33.7. The maximum absolute atomic E-state index is 12.3. The molecule has 0 spiro atoms. The Morgan fingerprint density at radius 2 is 0.979 bits per heavy atom. The van der Waals surface area contributed by atoms with Crippen molar-refractivity contribution in [2.24, 2.45) is 0 Å². The highest BCUT2D eigenvalue weighted by Gasteiger charge is 2.27. The summed E-state index contributed by atoms with van der Waals surface area (Å²) < 4.78 is 32.3. The van der Waals surface area contributed by atoms with E-state index in [2.05, 4.69) is 50.3 Å². The normalized spacial score (nSPS) is 14.5. The molecule has 0 fully saturated rings. The number of rotatable bonds is 34. The molecule has 3 unspecified atom stereocenters. The van der Waals surface area contributed by atoms with Crippen LogP contribution in [0.25, 0.3) is 0 Å². The van der Waals surface area contributed by atoms with Gasteiger partial charge in [0.2, 0.25) is 0 Å². The van der Waals surface area contributed by atoms with Gasteiger partial charge < -0.3 is 24.6 Å². The van der Waals surface area contributed by atoms with Crippen molar-refractivity contribution in [2.75, 3.05) is 26.4 Å². The molecule has 3 atom stereocenters. The minimum absolute atomic E-state index is 0.181. The first-order valence-electron chi connectivity index (χ1n) is 18.4. The highest BCUT2D eigenvalue weighted by atomic mass is 31.2. The van der Waals surface area contributed by atoms with Crippen molar-refractivity contribution in [2.45, 2.75) is 161 Å². The van der Waals surface area contributed by atoms with E-state index < -0.39 is 58.4 Å². The molecule has 0 radical (unpaired) electrons. The summed E-state index contributed by atoms with van der Waals surface area (Å²) in [5, 5.41) is 19.0. The Morgan fingerprint density at radius 3 is 1.42 bits per heavy atom. The second-order valence-corrected chi connectivity index (χ2v) is 13.6. The van der Waals surface area contributed by atoms with Crippen molar-refractivity contribution in [3.8, 4) is 0 Å². The Kier molecular flexibility index (Phi) is 32.4. The maximum atomic E-state index is 12.3. The van der Waals surface area contributed by atoms with Gasteiger partial charge in [-0.2, -0.15) is 0 Å². The van der Waals surface area contributed by atoms with Crippen LogP contribution in [0.15, 0.2) is 36.5 Å². The van der Waals surface area contributed by atoms with Crippen molar-refractivity contribution < 1.29 is 47.8 Å². The summed E-state index contributed by atoms with van der Waals surface area (Å²) in [6.07, 6.45) is 31.4. The van der Waals surface area contributed by atoms with E-state index >= 15 is 0 Å². The number of phosphoric ester groups is 1. The molecule has 48 heavy (non-hydrogen) atoms. The molecular weight excluding hydrogens is 635 g/mol. The van der Waals surface area contributed by atoms with E-state index in [0.29, 0.717) is 12.8 Å². The van der Waals surface area contributed by atoms with Gasteiger partial charge in [0.1, 0.15) is 12.2 Å². The molecular formula is C37H67O10P. The Hall–Kier alpha value is -1.81. The number of aliphatic hydroxyl groups is 2. The van der Waals surface area contributed by atoms with Crippen LogP contribution in [-0.4, -0.2) is 65.7 Å². The van der Waals surface area contributed by atoms with E-state index in [9.17, 15) is 29.3 Å². The molecule has 0 rings (SSSR count). The average molecular weight is 703 g/mol. The highest BCUT2D eigenvalue weighted by Crippen LogP contribution is 2.43. The highest BCUT2D eigenvalue weighted by molar-refractivity contribution is 7.47. The number of esters is 2. The number of carbonyl (C=O) groups excluding carboxylic acids is 2. The Bertz CT molecular complexity index is 905. The molecule has 0 amide bonds. The number of carbonyl (C=O) groups is 2. The monoisotopic (exact) mass is 702 g/mol. The van der Waals surface area contributed by atoms with Crippen molar-refractivity contribution in [3.05, 3.63) is 36.5 Å². The zero-order chi connectivity index (χ0) is 35.6. The van der Waals surface area contributed by atoms with Crippen molar-refractivity contribution in [1.29, 1.82) is 0 Å². The zero-order valence-corrected chi connectivity index (χ0v) is 30.8. The molecule has 3 N–H and O–H groups in total. The first-order valence-corrected chi connectivity index (χ1v) is 19.9. The molecule has 0 aliphatic heterocycles. The molecule has 0 aliphatic rings. The fourth-order valence-corrected chi connectivity index (χ4v) is 5.56. The molecule has 0 aromatic heterocycles. The van der Waals surface area contributed by atoms with Crippen LogP contribution in [0, 0.1) is 0 Å². The maximum Gasteiger partial charge on any atom is 0.472 e. The number of phosphoric acid groups is 1. The third-order valence-electron chi connectivity index (χ3n) is 7.62. The predicted molar refractivity (Wildman–Crippen MR) is 191 cm³/mol. The van der Waals surface area contributed by atoms with Gasteiger partial charge in [-0.15, -0.1) is 0 Å². The molecule has 0 bridgehead atoms. The molecule has 0 saturated carbocycles. The van der Waals surface area contributed by atoms with Crippen molar-refractivity contribution in [1.82, 2.24) is 0 Å². The molecule has 0 saturated heterocycles. The van der Waals surface area contributed by atoms with Gasteiger partial charge in [0.05, 0.1) is 26.4 Å². The van der Waals surface area contributed by atoms with E-state index in [1.54, 1.807) is 0 Å². The van der Waals surface area contributed by atoms with Gasteiger partial charge in [0.25, 0.3) is 0 Å². The van der Waals surface area contributed by atoms with Gasteiger partial charge in [-0.25, -0.2) is 4.57 Å². The third kappa shape index (κ3) is 31.5. The molecule has 0 heterocycles. The van der Waals surface area contributed by atoms with E-state index in [-0.39, 0.29) is 12.8 Å². The Labute approximate surface area is 291 Å². The Balaban J connectivity index is 3.98. The molecule has 0 aromatic carbocycles. The fraction of sp³-hybridized carbons (Fsp3) is 0.784. The summed E-state index contributed by atoms with van der Waals surface area (Å²) in [5.74, 6) is -1.03. The second-order valence-electron chi connectivity index (χ2n) is 12.2. The van der Waals surface area contributed by atoms with E-state index in [0.717, 1.165) is 70.6 Å². The molecule has 0 aromatic rings. The lowest BCUT2D eigenvalue weighted by Crippen LogP contribution is -2.28. The zero-order valence-electron chi connectivity index (χ0n) is 29.9. The quantitative estimate of drug-likeness (QED) is 0.0257. The molecule has 10 nitrogen and oxygen atoms in total. The van der Waals surface area contributed by atoms with Gasteiger partial charge in [-0.3, -0.25) is 18.6 Å². The minimum atomic E-state index is -4.62. The first-order chi connectivity index (χ1) is 23.3. The van der Waals surface area contributed by atoms with Crippen LogP contribution in [0.1, 0.15) is 149 Å². The lowest BCUT2D eigenvalue weighted by atomic mass is 10.1. The SMILES string of the molecule is CC/C=C\C/C=C\C/C=C\CCCCCCCCCC(=O)OC(CO)COP(=O)(O)OCC(CO)OC(=O)CCCCCCCCCC. The van der Waals surface area contributed by atoms with E-state index in [4.69, 9.17) is 18.5 Å². The van der Waals surface area contributed by atoms with Crippen LogP contribution in [-0.2, 0) is 32.7 Å². The number of unbranched alkanes of at least 4 members (excludes halogenated alkanes) is 14. The van der Waals surface area contributed by atoms with E-state index in [1.807, 2.05) is 0 Å². The van der Waals surface area contributed by atoms with Gasteiger partial charge in [0.15, 0.2) is 0 Å². The smallest absolute Gasteiger partial charge is 0.457 e. The molecule has 280 valence electrons. The summed E-state index contributed by atoms with van der Waals surface area (Å²) in [4.78, 5) is 34.2. The van der Waals surface area contributed by atoms with Crippen molar-refractivity contribution in [3.63, 3.8) is 0 Å². The van der Waals surface area contributed by atoms with Gasteiger partial charge in [-0.1, -0.05) is 127 Å². The number of aliphatic hydroxyl groups excluding tert-OH is 2. The number of ether oxygens (including phenoxy) is 2. The number of allylic oxidation sites excluding steroid dienone is 6. The lowest BCUT2D eigenvalue weighted by molar-refractivity contribution is -0.153. The van der Waals surface area contributed by atoms with Crippen LogP contribution in [0.4, 0.5) is 0 Å². The first kappa shape index (κ1) is 46.2. The summed E-state index contributed by atoms with van der Waals surface area (Å²) in [6.45, 7) is 2.02. The van der Waals surface area contributed by atoms with Crippen LogP contribution in [0.3, 0.4) is 0 Å². The summed E-state index contributed by atoms with van der Waals surface area (Å²) >= 11 is 0. The molecule has 0 aliphatic carbocycles. The van der Waals surface area contributed by atoms with Gasteiger partial charge in [0, 0.05) is 12.8 Å². The molecule has 11 heteroatoms. The van der Waals surface area contributed by atoms with Crippen LogP contribution < -0.4 is 0 Å². The van der Waals surface area contributed by atoms with Crippen LogP contribution >= 0.6 is 7.82 Å².